The number of amides is 1. The molecular formula is C13H9BrClN3O4S. The van der Waals surface area contributed by atoms with Crippen molar-refractivity contribution in [3.63, 3.8) is 0 Å². The molecule has 10 heteroatoms. The predicted molar refractivity (Wildman–Crippen MR) is 88.3 cm³/mol. The molecular weight excluding hydrogens is 410 g/mol. The fraction of sp³-hybridized carbons (Fsp3) is 0.0769. The summed E-state index contributed by atoms with van der Waals surface area (Å²) < 4.78 is 32.9. The van der Waals surface area contributed by atoms with E-state index in [1.807, 2.05) is 0 Å². The van der Waals surface area contributed by atoms with Crippen molar-refractivity contribution in [3.05, 3.63) is 40.0 Å². The minimum Gasteiger partial charge on any atom is -0.482 e. The normalized spacial score (nSPS) is 13.7. The maximum absolute atomic E-state index is 12.5. The molecule has 2 heterocycles. The number of hydrogen-bond donors (Lipinski definition) is 2. The van der Waals surface area contributed by atoms with E-state index in [1.54, 1.807) is 0 Å². The fourth-order valence-electron chi connectivity index (χ4n) is 1.92. The number of fused-ring (bicyclic) bond motifs is 1. The van der Waals surface area contributed by atoms with Crippen molar-refractivity contribution < 1.29 is 17.9 Å². The van der Waals surface area contributed by atoms with Crippen LogP contribution in [0.1, 0.15) is 0 Å². The van der Waals surface area contributed by atoms with Crippen LogP contribution in [0.2, 0.25) is 5.02 Å². The third-order valence-corrected chi connectivity index (χ3v) is 5.46. The summed E-state index contributed by atoms with van der Waals surface area (Å²) in [5.74, 6) is 0.106. The van der Waals surface area contributed by atoms with Crippen LogP contribution in [0.15, 0.2) is 39.8 Å². The van der Waals surface area contributed by atoms with Crippen LogP contribution in [0.4, 0.5) is 11.5 Å². The second-order valence-electron chi connectivity index (χ2n) is 4.58. The molecule has 1 aromatic carbocycles. The Labute approximate surface area is 145 Å². The van der Waals surface area contributed by atoms with Gasteiger partial charge in [-0.2, -0.15) is 0 Å². The van der Waals surface area contributed by atoms with E-state index in [4.69, 9.17) is 16.3 Å². The van der Waals surface area contributed by atoms with E-state index in [2.05, 4.69) is 31.0 Å². The van der Waals surface area contributed by atoms with Gasteiger partial charge in [-0.15, -0.1) is 0 Å². The number of sulfonamides is 1. The molecule has 2 aromatic rings. The van der Waals surface area contributed by atoms with E-state index in [-0.39, 0.29) is 33.4 Å². The van der Waals surface area contributed by atoms with Crippen molar-refractivity contribution >= 4 is 55.0 Å². The molecule has 1 aromatic heterocycles. The summed E-state index contributed by atoms with van der Waals surface area (Å²) in [5, 5.41) is 2.99. The molecule has 1 amide bonds. The number of pyridine rings is 1. The molecule has 0 bridgehead atoms. The number of ether oxygens (including phenoxy) is 1. The van der Waals surface area contributed by atoms with E-state index < -0.39 is 10.0 Å². The molecule has 0 fully saturated rings. The van der Waals surface area contributed by atoms with Gasteiger partial charge in [0.1, 0.15) is 16.5 Å². The summed E-state index contributed by atoms with van der Waals surface area (Å²) in [6, 6.07) is 5.77. The lowest BCUT2D eigenvalue weighted by Crippen LogP contribution is -2.26. The molecule has 0 aliphatic carbocycles. The van der Waals surface area contributed by atoms with Crippen LogP contribution < -0.4 is 14.8 Å². The highest BCUT2D eigenvalue weighted by Gasteiger charge is 2.24. The summed E-state index contributed by atoms with van der Waals surface area (Å²) in [4.78, 5) is 15.1. The highest BCUT2D eigenvalue weighted by molar-refractivity contribution is 9.10. The Morgan fingerprint density at radius 3 is 2.83 bits per heavy atom. The SMILES string of the molecule is O=C1COc2cc(S(=O)(=O)Nc3ccc(Cl)cn3)c(Br)cc2N1. The molecule has 7 nitrogen and oxygen atoms in total. The number of anilines is 2. The van der Waals surface area contributed by atoms with Crippen LogP contribution in [0, 0.1) is 0 Å². The van der Waals surface area contributed by atoms with Gasteiger partial charge in [0, 0.05) is 16.7 Å². The fourth-order valence-corrected chi connectivity index (χ4v) is 4.09. The summed E-state index contributed by atoms with van der Waals surface area (Å²) in [6.07, 6.45) is 1.33. The minimum absolute atomic E-state index is 0.0378. The van der Waals surface area contributed by atoms with Crippen molar-refractivity contribution in [2.24, 2.45) is 0 Å². The first-order valence-electron chi connectivity index (χ1n) is 6.26. The number of benzene rings is 1. The van der Waals surface area contributed by atoms with Gasteiger partial charge in [-0.1, -0.05) is 11.6 Å². The molecule has 0 spiro atoms. The van der Waals surface area contributed by atoms with E-state index >= 15 is 0 Å². The monoisotopic (exact) mass is 417 g/mol. The van der Waals surface area contributed by atoms with Crippen LogP contribution in [0.25, 0.3) is 0 Å². The topological polar surface area (TPSA) is 97.4 Å². The van der Waals surface area contributed by atoms with Gasteiger partial charge in [-0.3, -0.25) is 9.52 Å². The average Bonchev–Trinajstić information content (AvgIpc) is 2.48. The molecule has 0 radical (unpaired) electrons. The molecule has 0 unspecified atom stereocenters. The Kier molecular flexibility index (Phi) is 4.17. The van der Waals surface area contributed by atoms with Crippen molar-refractivity contribution in [1.29, 1.82) is 0 Å². The predicted octanol–water partition coefficient (Wildman–Crippen LogP) is 2.63. The number of hydrogen-bond acceptors (Lipinski definition) is 5. The van der Waals surface area contributed by atoms with E-state index in [9.17, 15) is 13.2 Å². The van der Waals surface area contributed by atoms with Gasteiger partial charge in [0.05, 0.1) is 10.7 Å². The third kappa shape index (κ3) is 3.41. The molecule has 3 rings (SSSR count). The lowest BCUT2D eigenvalue weighted by atomic mass is 10.2. The molecule has 0 saturated carbocycles. The van der Waals surface area contributed by atoms with E-state index in [0.717, 1.165) is 0 Å². The standard InChI is InChI=1S/C13H9BrClN3O4S/c14-8-3-9-10(22-6-13(19)17-9)4-11(8)23(20,21)18-12-2-1-7(15)5-16-12/h1-5H,6H2,(H,16,18)(H,17,19). The Balaban J connectivity index is 1.96. The number of nitrogens with one attached hydrogen (secondary N) is 2. The van der Waals surface area contributed by atoms with Crippen LogP contribution in [0.3, 0.4) is 0 Å². The van der Waals surface area contributed by atoms with Gasteiger partial charge in [-0.25, -0.2) is 13.4 Å². The number of rotatable bonds is 3. The van der Waals surface area contributed by atoms with Crippen molar-refractivity contribution in [3.8, 4) is 5.75 Å². The van der Waals surface area contributed by atoms with Gasteiger partial charge < -0.3 is 10.1 Å². The van der Waals surface area contributed by atoms with Crippen molar-refractivity contribution in [1.82, 2.24) is 4.98 Å². The summed E-state index contributed by atoms with van der Waals surface area (Å²) in [6.45, 7) is -0.166. The largest absolute Gasteiger partial charge is 0.482 e. The van der Waals surface area contributed by atoms with Gasteiger partial charge in [0.15, 0.2) is 6.61 Å². The first kappa shape index (κ1) is 16.0. The third-order valence-electron chi connectivity index (χ3n) is 2.92. The summed E-state index contributed by atoms with van der Waals surface area (Å²) in [5.41, 5.74) is 0.400. The van der Waals surface area contributed by atoms with Gasteiger partial charge in [-0.05, 0) is 34.1 Å². The van der Waals surface area contributed by atoms with Crippen LogP contribution in [0.5, 0.6) is 5.75 Å². The summed E-state index contributed by atoms with van der Waals surface area (Å²) in [7, 11) is -3.90. The maximum Gasteiger partial charge on any atom is 0.264 e. The molecule has 0 atom stereocenters. The second kappa shape index (κ2) is 5.99. The van der Waals surface area contributed by atoms with Gasteiger partial charge in [0.2, 0.25) is 0 Å². The molecule has 1 aliphatic rings. The van der Waals surface area contributed by atoms with Crippen molar-refractivity contribution in [2.75, 3.05) is 16.6 Å². The highest BCUT2D eigenvalue weighted by Crippen LogP contribution is 2.36. The van der Waals surface area contributed by atoms with Gasteiger partial charge in [0.25, 0.3) is 15.9 Å². The Morgan fingerprint density at radius 2 is 2.13 bits per heavy atom. The maximum atomic E-state index is 12.5. The first-order chi connectivity index (χ1) is 10.8. The highest BCUT2D eigenvalue weighted by atomic mass is 79.9. The zero-order chi connectivity index (χ0) is 16.6. The number of halogens is 2. The summed E-state index contributed by atoms with van der Waals surface area (Å²) >= 11 is 8.91. The lowest BCUT2D eigenvalue weighted by Gasteiger charge is -2.19. The first-order valence-corrected chi connectivity index (χ1v) is 8.91. The quantitative estimate of drug-likeness (QED) is 0.798. The number of aromatic nitrogens is 1. The average molecular weight is 419 g/mol. The molecule has 120 valence electrons. The molecule has 23 heavy (non-hydrogen) atoms. The van der Waals surface area contributed by atoms with E-state index in [1.165, 1.54) is 30.5 Å². The Bertz CT molecular complexity index is 887. The zero-order valence-corrected chi connectivity index (χ0v) is 14.5. The van der Waals surface area contributed by atoms with Crippen LogP contribution in [-0.2, 0) is 14.8 Å². The van der Waals surface area contributed by atoms with Crippen LogP contribution in [-0.4, -0.2) is 25.9 Å². The zero-order valence-electron chi connectivity index (χ0n) is 11.3. The molecule has 2 N–H and O–H groups in total. The van der Waals surface area contributed by atoms with Crippen LogP contribution >= 0.6 is 27.5 Å². The Morgan fingerprint density at radius 1 is 1.35 bits per heavy atom. The number of carbonyl (C=O) groups excluding carboxylic acids is 1. The second-order valence-corrected chi connectivity index (χ2v) is 7.52. The smallest absolute Gasteiger partial charge is 0.264 e. The Hall–Kier alpha value is -1.84. The minimum atomic E-state index is -3.90. The molecule has 0 saturated heterocycles. The van der Waals surface area contributed by atoms with E-state index in [0.29, 0.717) is 10.7 Å². The number of carbonyl (C=O) groups is 1. The van der Waals surface area contributed by atoms with Gasteiger partial charge >= 0.3 is 0 Å². The number of nitrogens with zero attached hydrogens (tertiary/aromatic N) is 1. The molecule has 1 aliphatic heterocycles. The van der Waals surface area contributed by atoms with Crippen molar-refractivity contribution in [2.45, 2.75) is 4.90 Å². The lowest BCUT2D eigenvalue weighted by molar-refractivity contribution is -0.118.